The Bertz CT molecular complexity index is 1530. The van der Waals surface area contributed by atoms with Gasteiger partial charge in [-0.05, 0) is 75.2 Å². The summed E-state index contributed by atoms with van der Waals surface area (Å²) in [6, 6.07) is 17.1. The van der Waals surface area contributed by atoms with Crippen molar-refractivity contribution in [3.63, 3.8) is 0 Å². The lowest BCUT2D eigenvalue weighted by Gasteiger charge is -2.15. The van der Waals surface area contributed by atoms with Gasteiger partial charge in [0.1, 0.15) is 24.7 Å². The SMILES string of the molecule is C=C(C)C(=O)Oc1ccc(-c2ccc(OCCOc3ccc(OC(=O)C(=C)C)c(OC(=O)C(=C)C)c3)c(OCC)c2)cc1. The third-order valence-corrected chi connectivity index (χ3v) is 5.62. The molecule has 0 aliphatic carbocycles. The summed E-state index contributed by atoms with van der Waals surface area (Å²) in [4.78, 5) is 35.9. The Morgan fingerprint density at radius 1 is 0.535 bits per heavy atom. The third kappa shape index (κ3) is 9.36. The van der Waals surface area contributed by atoms with Crippen LogP contribution in [0, 0.1) is 0 Å². The first-order valence-corrected chi connectivity index (χ1v) is 13.4. The van der Waals surface area contributed by atoms with E-state index in [2.05, 4.69) is 19.7 Å². The molecule has 0 radical (unpaired) electrons. The molecule has 3 aromatic carbocycles. The first-order chi connectivity index (χ1) is 20.5. The molecule has 0 saturated heterocycles. The number of hydrogen-bond acceptors (Lipinski definition) is 9. The minimum atomic E-state index is -0.679. The molecule has 3 aromatic rings. The molecule has 0 heterocycles. The zero-order valence-corrected chi connectivity index (χ0v) is 24.7. The molecule has 0 aliphatic rings. The van der Waals surface area contributed by atoms with Crippen LogP contribution >= 0.6 is 0 Å². The van der Waals surface area contributed by atoms with Gasteiger partial charge in [0.15, 0.2) is 23.0 Å². The predicted octanol–water partition coefficient (Wildman–Crippen LogP) is 6.65. The van der Waals surface area contributed by atoms with Crippen molar-refractivity contribution in [3.05, 3.63) is 97.1 Å². The summed E-state index contributed by atoms with van der Waals surface area (Å²) in [5, 5.41) is 0. The molecule has 3 rings (SSSR count). The maximum atomic E-state index is 12.1. The second-order valence-corrected chi connectivity index (χ2v) is 9.43. The number of rotatable bonds is 14. The van der Waals surface area contributed by atoms with Crippen molar-refractivity contribution in [1.82, 2.24) is 0 Å². The Morgan fingerprint density at radius 3 is 1.65 bits per heavy atom. The molecule has 0 aliphatic heterocycles. The monoisotopic (exact) mass is 586 g/mol. The fourth-order valence-corrected chi connectivity index (χ4v) is 3.41. The summed E-state index contributed by atoms with van der Waals surface area (Å²) in [6.45, 7) is 17.9. The van der Waals surface area contributed by atoms with Gasteiger partial charge in [-0.2, -0.15) is 0 Å². The number of benzene rings is 3. The van der Waals surface area contributed by atoms with Gasteiger partial charge in [-0.25, -0.2) is 14.4 Å². The molecule has 0 unspecified atom stereocenters. The summed E-state index contributed by atoms with van der Waals surface area (Å²) in [6.07, 6.45) is 0. The van der Waals surface area contributed by atoms with Crippen molar-refractivity contribution < 1.29 is 42.8 Å². The van der Waals surface area contributed by atoms with Crippen LogP contribution in [0.3, 0.4) is 0 Å². The number of carbonyl (C=O) groups is 3. The van der Waals surface area contributed by atoms with Crippen LogP contribution < -0.4 is 28.4 Å². The van der Waals surface area contributed by atoms with Gasteiger partial charge in [-0.3, -0.25) is 0 Å². The van der Waals surface area contributed by atoms with Gasteiger partial charge >= 0.3 is 17.9 Å². The van der Waals surface area contributed by atoms with Crippen molar-refractivity contribution in [2.24, 2.45) is 0 Å². The van der Waals surface area contributed by atoms with Crippen molar-refractivity contribution in [2.75, 3.05) is 19.8 Å². The standard InChI is InChI=1S/C34H34O9/c1-8-38-30-19-25(24-9-12-26(13-10-24)41-32(35)21(2)3)11-15-28(30)40-18-17-39-27-14-16-29(42-33(36)22(4)5)31(20-27)43-34(37)23(6)7/h9-16,19-20H,2,4,6,8,17-18H2,1,3,5,7H3. The fraction of sp³-hybridized carbons (Fsp3) is 0.206. The highest BCUT2D eigenvalue weighted by Crippen LogP contribution is 2.35. The van der Waals surface area contributed by atoms with E-state index >= 15 is 0 Å². The number of carbonyl (C=O) groups excluding carboxylic acids is 3. The van der Waals surface area contributed by atoms with Crippen LogP contribution in [0.2, 0.25) is 0 Å². The number of hydrogen-bond donors (Lipinski definition) is 0. The van der Waals surface area contributed by atoms with Crippen LogP contribution in [0.15, 0.2) is 97.1 Å². The lowest BCUT2D eigenvalue weighted by molar-refractivity contribution is -0.132. The highest BCUT2D eigenvalue weighted by atomic mass is 16.6. The van der Waals surface area contributed by atoms with E-state index in [1.807, 2.05) is 31.2 Å². The molecule has 0 atom stereocenters. The van der Waals surface area contributed by atoms with Crippen LogP contribution in [-0.4, -0.2) is 37.7 Å². The molecule has 0 amide bonds. The van der Waals surface area contributed by atoms with E-state index in [4.69, 9.17) is 28.4 Å². The smallest absolute Gasteiger partial charge is 0.338 e. The Morgan fingerprint density at radius 2 is 1.05 bits per heavy atom. The number of esters is 3. The molecule has 0 fully saturated rings. The second-order valence-electron chi connectivity index (χ2n) is 9.43. The number of ether oxygens (including phenoxy) is 6. The largest absolute Gasteiger partial charge is 0.490 e. The Hall–Kier alpha value is -5.31. The highest BCUT2D eigenvalue weighted by molar-refractivity contribution is 5.91. The molecule has 224 valence electrons. The molecular weight excluding hydrogens is 552 g/mol. The molecule has 0 bridgehead atoms. The summed E-state index contributed by atoms with van der Waals surface area (Å²) in [5.74, 6) is 0.0762. The maximum Gasteiger partial charge on any atom is 0.338 e. The first-order valence-electron chi connectivity index (χ1n) is 13.4. The van der Waals surface area contributed by atoms with Crippen molar-refractivity contribution in [3.8, 4) is 45.6 Å². The average molecular weight is 587 g/mol. The van der Waals surface area contributed by atoms with Crippen LogP contribution in [0.25, 0.3) is 11.1 Å². The zero-order chi connectivity index (χ0) is 31.5. The summed E-state index contributed by atoms with van der Waals surface area (Å²) in [7, 11) is 0. The van der Waals surface area contributed by atoms with Crippen molar-refractivity contribution >= 4 is 17.9 Å². The van der Waals surface area contributed by atoms with E-state index in [9.17, 15) is 14.4 Å². The Labute approximate surface area is 250 Å². The third-order valence-electron chi connectivity index (χ3n) is 5.62. The molecule has 0 spiro atoms. The van der Waals surface area contributed by atoms with Gasteiger partial charge in [-0.1, -0.05) is 37.9 Å². The topological polar surface area (TPSA) is 107 Å². The van der Waals surface area contributed by atoms with Crippen molar-refractivity contribution in [1.29, 1.82) is 0 Å². The van der Waals surface area contributed by atoms with E-state index in [0.717, 1.165) is 11.1 Å². The molecule has 0 saturated carbocycles. The van der Waals surface area contributed by atoms with E-state index in [1.54, 1.807) is 31.2 Å². The fourth-order valence-electron chi connectivity index (χ4n) is 3.41. The molecular formula is C34H34O9. The maximum absolute atomic E-state index is 12.1. The zero-order valence-electron chi connectivity index (χ0n) is 24.7. The van der Waals surface area contributed by atoms with Gasteiger partial charge in [0.05, 0.1) is 6.61 Å². The van der Waals surface area contributed by atoms with Gasteiger partial charge in [0.25, 0.3) is 0 Å². The van der Waals surface area contributed by atoms with Gasteiger partial charge < -0.3 is 28.4 Å². The molecule has 9 heteroatoms. The molecule has 0 N–H and O–H groups in total. The summed E-state index contributed by atoms with van der Waals surface area (Å²) < 4.78 is 33.4. The van der Waals surface area contributed by atoms with Gasteiger partial charge in [-0.15, -0.1) is 0 Å². The minimum Gasteiger partial charge on any atom is -0.490 e. The minimum absolute atomic E-state index is 0.00254. The lowest BCUT2D eigenvalue weighted by atomic mass is 10.0. The van der Waals surface area contributed by atoms with Crippen LogP contribution in [-0.2, 0) is 14.4 Å². The van der Waals surface area contributed by atoms with Gasteiger partial charge in [0, 0.05) is 22.8 Å². The van der Waals surface area contributed by atoms with E-state index in [-0.39, 0.29) is 35.9 Å². The first kappa shape index (κ1) is 32.2. The molecule has 43 heavy (non-hydrogen) atoms. The lowest BCUT2D eigenvalue weighted by Crippen LogP contribution is -2.13. The molecule has 9 nitrogen and oxygen atoms in total. The van der Waals surface area contributed by atoms with Crippen LogP contribution in [0.1, 0.15) is 27.7 Å². The van der Waals surface area contributed by atoms with Crippen LogP contribution in [0.4, 0.5) is 0 Å². The Kier molecular flexibility index (Phi) is 11.3. The molecule has 0 aromatic heterocycles. The summed E-state index contributed by atoms with van der Waals surface area (Å²) >= 11 is 0. The van der Waals surface area contributed by atoms with Gasteiger partial charge in [0.2, 0.25) is 0 Å². The van der Waals surface area contributed by atoms with Crippen molar-refractivity contribution in [2.45, 2.75) is 27.7 Å². The normalized spacial score (nSPS) is 10.2. The quantitative estimate of drug-likeness (QED) is 0.0888. The van der Waals surface area contributed by atoms with Crippen LogP contribution in [0.5, 0.6) is 34.5 Å². The van der Waals surface area contributed by atoms with E-state index in [0.29, 0.717) is 35.2 Å². The van der Waals surface area contributed by atoms with E-state index in [1.165, 1.54) is 26.0 Å². The Balaban J connectivity index is 1.66. The highest BCUT2D eigenvalue weighted by Gasteiger charge is 2.16. The second kappa shape index (κ2) is 15.1. The average Bonchev–Trinajstić information content (AvgIpc) is 2.97. The summed E-state index contributed by atoms with van der Waals surface area (Å²) in [5.41, 5.74) is 2.46. The predicted molar refractivity (Wildman–Crippen MR) is 162 cm³/mol. The van der Waals surface area contributed by atoms with E-state index < -0.39 is 17.9 Å².